The third-order valence-corrected chi connectivity index (χ3v) is 6.56. The third-order valence-electron chi connectivity index (χ3n) is 5.70. The molecule has 0 bridgehead atoms. The van der Waals surface area contributed by atoms with Gasteiger partial charge >= 0.3 is 0 Å². The van der Waals surface area contributed by atoms with Crippen molar-refractivity contribution < 1.29 is 0 Å². The lowest BCUT2D eigenvalue weighted by atomic mass is 9.94. The van der Waals surface area contributed by atoms with Crippen LogP contribution in [-0.2, 0) is 13.0 Å². The summed E-state index contributed by atoms with van der Waals surface area (Å²) in [6, 6.07) is 24.5. The van der Waals surface area contributed by atoms with Crippen LogP contribution in [0.2, 0.25) is 0 Å². The second-order valence-corrected chi connectivity index (χ2v) is 8.83. The van der Waals surface area contributed by atoms with E-state index in [1.807, 2.05) is 0 Å². The average Bonchev–Trinajstić information content (AvgIpc) is 3.38. The van der Waals surface area contributed by atoms with Crippen LogP contribution in [0.4, 0.5) is 5.95 Å². The largest absolute Gasteiger partial charge is 0.353 e. The summed E-state index contributed by atoms with van der Waals surface area (Å²) in [5.41, 5.74) is 3.65. The van der Waals surface area contributed by atoms with Crippen molar-refractivity contribution in [2.24, 2.45) is 0 Å². The summed E-state index contributed by atoms with van der Waals surface area (Å²) in [6.07, 6.45) is 3.30. The number of anilines is 1. The molecule has 2 atom stereocenters. The number of fused-ring (bicyclic) bond motifs is 1. The lowest BCUT2D eigenvalue weighted by Crippen LogP contribution is -2.44. The molecule has 2 aromatic carbocycles. The summed E-state index contributed by atoms with van der Waals surface area (Å²) < 4.78 is 2.33. The Labute approximate surface area is 175 Å². The molecular weight excluding hydrogens is 376 g/mol. The quantitative estimate of drug-likeness (QED) is 0.481. The van der Waals surface area contributed by atoms with Crippen LogP contribution in [0, 0.1) is 0 Å². The number of imidazole rings is 1. The van der Waals surface area contributed by atoms with Crippen LogP contribution in [0.1, 0.15) is 23.3 Å². The highest BCUT2D eigenvalue weighted by molar-refractivity contribution is 7.09. The minimum atomic E-state index is 0.434. The van der Waals surface area contributed by atoms with Crippen LogP contribution in [-0.4, -0.2) is 28.2 Å². The molecule has 1 saturated heterocycles. The van der Waals surface area contributed by atoms with E-state index in [2.05, 4.69) is 87.3 Å². The molecule has 29 heavy (non-hydrogen) atoms. The predicted molar refractivity (Wildman–Crippen MR) is 122 cm³/mol. The number of piperidine rings is 1. The zero-order chi connectivity index (χ0) is 19.5. The molecule has 1 aliphatic heterocycles. The second-order valence-electron chi connectivity index (χ2n) is 7.80. The zero-order valence-electron chi connectivity index (χ0n) is 16.4. The zero-order valence-corrected chi connectivity index (χ0v) is 17.2. The van der Waals surface area contributed by atoms with Crippen LogP contribution in [0.25, 0.3) is 11.0 Å². The standard InChI is InChI=1S/C24H26N4S/c1-2-7-18(8-3-1)15-20-16-19(12-13-25-20)26-24-27-22-10-4-5-11-23(22)28(24)17-21-9-6-14-29-21/h1-11,14,19-20,25H,12-13,15-17H2,(H,26,27)/t19-,20+/m1/s1. The number of rotatable bonds is 6. The number of para-hydroxylation sites is 2. The molecule has 0 radical (unpaired) electrons. The fourth-order valence-corrected chi connectivity index (χ4v) is 4.97. The van der Waals surface area contributed by atoms with Crippen molar-refractivity contribution in [2.45, 2.75) is 37.9 Å². The van der Waals surface area contributed by atoms with E-state index in [0.717, 1.165) is 43.8 Å². The topological polar surface area (TPSA) is 41.9 Å². The SMILES string of the molecule is c1ccc(C[C@H]2C[C@H](Nc3nc4ccccc4n3Cc3cccs3)CCN2)cc1. The molecule has 148 valence electrons. The average molecular weight is 403 g/mol. The van der Waals surface area contributed by atoms with Gasteiger partial charge in [0.15, 0.2) is 0 Å². The van der Waals surface area contributed by atoms with Crippen molar-refractivity contribution in [2.75, 3.05) is 11.9 Å². The van der Waals surface area contributed by atoms with E-state index in [4.69, 9.17) is 4.98 Å². The van der Waals surface area contributed by atoms with E-state index in [-0.39, 0.29) is 0 Å². The van der Waals surface area contributed by atoms with Gasteiger partial charge in [-0.3, -0.25) is 0 Å². The number of hydrogen-bond acceptors (Lipinski definition) is 4. The highest BCUT2D eigenvalue weighted by Gasteiger charge is 2.23. The van der Waals surface area contributed by atoms with Crippen molar-refractivity contribution in [3.8, 4) is 0 Å². The van der Waals surface area contributed by atoms with E-state index in [9.17, 15) is 0 Å². The Bertz CT molecular complexity index is 1060. The van der Waals surface area contributed by atoms with Crippen molar-refractivity contribution >= 4 is 28.3 Å². The van der Waals surface area contributed by atoms with Crippen molar-refractivity contribution in [3.63, 3.8) is 0 Å². The van der Waals surface area contributed by atoms with Gasteiger partial charge in [-0.25, -0.2) is 4.98 Å². The fraction of sp³-hybridized carbons (Fsp3) is 0.292. The van der Waals surface area contributed by atoms with Gasteiger partial charge < -0.3 is 15.2 Å². The molecule has 3 heterocycles. The first-order valence-electron chi connectivity index (χ1n) is 10.4. The minimum absolute atomic E-state index is 0.434. The van der Waals surface area contributed by atoms with Gasteiger partial charge in [-0.05, 0) is 54.9 Å². The minimum Gasteiger partial charge on any atom is -0.353 e. The lowest BCUT2D eigenvalue weighted by molar-refractivity contribution is 0.372. The molecule has 2 N–H and O–H groups in total. The van der Waals surface area contributed by atoms with Gasteiger partial charge in [0, 0.05) is 17.0 Å². The molecule has 0 unspecified atom stereocenters. The van der Waals surface area contributed by atoms with Crippen LogP contribution >= 0.6 is 11.3 Å². The molecule has 0 saturated carbocycles. The smallest absolute Gasteiger partial charge is 0.204 e. The summed E-state index contributed by atoms with van der Waals surface area (Å²) >= 11 is 1.80. The van der Waals surface area contributed by atoms with Crippen molar-refractivity contribution in [1.29, 1.82) is 0 Å². The Hall–Kier alpha value is -2.63. The highest BCUT2D eigenvalue weighted by atomic mass is 32.1. The highest BCUT2D eigenvalue weighted by Crippen LogP contribution is 2.25. The number of hydrogen-bond donors (Lipinski definition) is 2. The molecular formula is C24H26N4S. The van der Waals surface area contributed by atoms with Gasteiger partial charge in [0.1, 0.15) is 0 Å². The number of nitrogens with one attached hydrogen (secondary N) is 2. The van der Waals surface area contributed by atoms with Gasteiger partial charge in [-0.15, -0.1) is 11.3 Å². The fourth-order valence-electron chi connectivity index (χ4n) is 4.28. The molecule has 1 fully saturated rings. The molecule has 0 aliphatic carbocycles. The maximum atomic E-state index is 4.93. The maximum absolute atomic E-state index is 4.93. The van der Waals surface area contributed by atoms with E-state index < -0.39 is 0 Å². The predicted octanol–water partition coefficient (Wildman–Crippen LogP) is 4.92. The molecule has 2 aromatic heterocycles. The molecule has 5 rings (SSSR count). The van der Waals surface area contributed by atoms with Gasteiger partial charge in [0.25, 0.3) is 0 Å². The van der Waals surface area contributed by atoms with Gasteiger partial charge in [0.2, 0.25) is 5.95 Å². The molecule has 1 aliphatic rings. The Balaban J connectivity index is 1.35. The molecule has 5 heteroatoms. The Morgan fingerprint density at radius 2 is 1.90 bits per heavy atom. The summed E-state index contributed by atoms with van der Waals surface area (Å²) in [7, 11) is 0. The summed E-state index contributed by atoms with van der Waals surface area (Å²) in [6.45, 7) is 1.90. The maximum Gasteiger partial charge on any atom is 0.204 e. The number of benzene rings is 2. The number of nitrogens with zero attached hydrogens (tertiary/aromatic N) is 2. The van der Waals surface area contributed by atoms with E-state index >= 15 is 0 Å². The van der Waals surface area contributed by atoms with E-state index in [1.54, 1.807) is 11.3 Å². The van der Waals surface area contributed by atoms with Gasteiger partial charge in [-0.2, -0.15) is 0 Å². The normalized spacial score (nSPS) is 19.4. The summed E-state index contributed by atoms with van der Waals surface area (Å²) in [5.74, 6) is 0.991. The van der Waals surface area contributed by atoms with E-state index in [0.29, 0.717) is 12.1 Å². The Morgan fingerprint density at radius 3 is 2.76 bits per heavy atom. The van der Waals surface area contributed by atoms with Crippen LogP contribution in [0.5, 0.6) is 0 Å². The van der Waals surface area contributed by atoms with Gasteiger partial charge in [-0.1, -0.05) is 48.5 Å². The summed E-state index contributed by atoms with van der Waals surface area (Å²) in [4.78, 5) is 6.28. The van der Waals surface area contributed by atoms with Crippen LogP contribution < -0.4 is 10.6 Å². The van der Waals surface area contributed by atoms with Gasteiger partial charge in [0.05, 0.1) is 17.6 Å². The monoisotopic (exact) mass is 402 g/mol. The molecule has 4 nitrogen and oxygen atoms in total. The van der Waals surface area contributed by atoms with Crippen LogP contribution in [0.3, 0.4) is 0 Å². The third kappa shape index (κ3) is 4.21. The van der Waals surface area contributed by atoms with Crippen molar-refractivity contribution in [1.82, 2.24) is 14.9 Å². The first-order valence-corrected chi connectivity index (χ1v) is 11.2. The lowest BCUT2D eigenvalue weighted by Gasteiger charge is -2.31. The molecule has 0 amide bonds. The molecule has 0 spiro atoms. The summed E-state index contributed by atoms with van der Waals surface area (Å²) in [5, 5.41) is 9.62. The van der Waals surface area contributed by atoms with Crippen LogP contribution in [0.15, 0.2) is 72.1 Å². The first-order chi connectivity index (χ1) is 14.3. The van der Waals surface area contributed by atoms with E-state index in [1.165, 1.54) is 16.0 Å². The Morgan fingerprint density at radius 1 is 1.03 bits per heavy atom. The molecule has 4 aromatic rings. The first kappa shape index (κ1) is 18.4. The number of thiophene rings is 1. The Kier molecular flexibility index (Phi) is 5.33. The van der Waals surface area contributed by atoms with Crippen molar-refractivity contribution in [3.05, 3.63) is 82.6 Å². The second kappa shape index (κ2) is 8.39. The number of aromatic nitrogens is 2.